The van der Waals surface area contributed by atoms with E-state index in [0.717, 1.165) is 5.56 Å². The molecule has 142 valence electrons. The molecule has 0 saturated heterocycles. The molecule has 6 nitrogen and oxygen atoms in total. The molecular formula is C22H21N3O3. The van der Waals surface area contributed by atoms with E-state index in [4.69, 9.17) is 0 Å². The summed E-state index contributed by atoms with van der Waals surface area (Å²) in [6.45, 7) is -0.215. The second-order valence-electron chi connectivity index (χ2n) is 6.15. The predicted molar refractivity (Wildman–Crippen MR) is 109 cm³/mol. The maximum atomic E-state index is 12.6. The van der Waals surface area contributed by atoms with Crippen LogP contribution in [0.5, 0.6) is 0 Å². The van der Waals surface area contributed by atoms with Gasteiger partial charge in [-0.2, -0.15) is 0 Å². The SMILES string of the molecule is O=C(Nc1ccccc1)Nc1cccc(C(=O)N[C@@H](CO)c2ccccc2)c1. The van der Waals surface area contributed by atoms with Gasteiger partial charge in [0.2, 0.25) is 0 Å². The first-order chi connectivity index (χ1) is 13.7. The maximum Gasteiger partial charge on any atom is 0.323 e. The number of carbonyl (C=O) groups is 2. The van der Waals surface area contributed by atoms with Crippen molar-refractivity contribution in [3.63, 3.8) is 0 Å². The number of benzene rings is 3. The van der Waals surface area contributed by atoms with Crippen molar-refractivity contribution < 1.29 is 14.7 Å². The number of hydrogen-bond acceptors (Lipinski definition) is 3. The van der Waals surface area contributed by atoms with Crippen LogP contribution in [-0.2, 0) is 0 Å². The Morgan fingerprint density at radius 3 is 2.07 bits per heavy atom. The molecule has 0 fully saturated rings. The molecule has 0 aliphatic heterocycles. The minimum Gasteiger partial charge on any atom is -0.394 e. The Morgan fingerprint density at radius 2 is 1.39 bits per heavy atom. The lowest BCUT2D eigenvalue weighted by molar-refractivity contribution is 0.0916. The number of nitrogens with one attached hydrogen (secondary N) is 3. The summed E-state index contributed by atoms with van der Waals surface area (Å²) in [5, 5.41) is 17.8. The van der Waals surface area contributed by atoms with Crippen LogP contribution in [-0.4, -0.2) is 23.7 Å². The van der Waals surface area contributed by atoms with E-state index >= 15 is 0 Å². The molecule has 0 aliphatic rings. The topological polar surface area (TPSA) is 90.5 Å². The van der Waals surface area contributed by atoms with Crippen LogP contribution in [0.2, 0.25) is 0 Å². The summed E-state index contributed by atoms with van der Waals surface area (Å²) in [5.74, 6) is -0.338. The van der Waals surface area contributed by atoms with Gasteiger partial charge in [0.1, 0.15) is 0 Å². The largest absolute Gasteiger partial charge is 0.394 e. The van der Waals surface area contributed by atoms with E-state index < -0.39 is 12.1 Å². The maximum absolute atomic E-state index is 12.6. The van der Waals surface area contributed by atoms with E-state index in [0.29, 0.717) is 16.9 Å². The van der Waals surface area contributed by atoms with Gasteiger partial charge in [0.15, 0.2) is 0 Å². The zero-order valence-corrected chi connectivity index (χ0v) is 15.1. The fraction of sp³-hybridized carbons (Fsp3) is 0.0909. The Labute approximate surface area is 163 Å². The molecule has 3 aromatic rings. The van der Waals surface area contributed by atoms with Crippen LogP contribution in [0.1, 0.15) is 22.0 Å². The smallest absolute Gasteiger partial charge is 0.323 e. The van der Waals surface area contributed by atoms with Gasteiger partial charge in [0.25, 0.3) is 5.91 Å². The number of urea groups is 1. The van der Waals surface area contributed by atoms with E-state index in [1.54, 1.807) is 36.4 Å². The highest BCUT2D eigenvalue weighted by Crippen LogP contribution is 2.15. The lowest BCUT2D eigenvalue weighted by atomic mass is 10.1. The van der Waals surface area contributed by atoms with Gasteiger partial charge < -0.3 is 21.1 Å². The van der Waals surface area contributed by atoms with E-state index in [1.807, 2.05) is 48.5 Å². The quantitative estimate of drug-likeness (QED) is 0.528. The molecule has 0 spiro atoms. The number of amides is 3. The fourth-order valence-corrected chi connectivity index (χ4v) is 2.71. The average Bonchev–Trinajstić information content (AvgIpc) is 2.73. The van der Waals surface area contributed by atoms with Gasteiger partial charge in [-0.3, -0.25) is 4.79 Å². The van der Waals surface area contributed by atoms with Crippen molar-refractivity contribution >= 4 is 23.3 Å². The summed E-state index contributed by atoms with van der Waals surface area (Å²) in [6, 6.07) is 24.0. The zero-order chi connectivity index (χ0) is 19.8. The predicted octanol–water partition coefficient (Wildman–Crippen LogP) is 3.79. The van der Waals surface area contributed by atoms with Gasteiger partial charge in [0, 0.05) is 16.9 Å². The van der Waals surface area contributed by atoms with Crippen LogP contribution < -0.4 is 16.0 Å². The molecule has 3 aromatic carbocycles. The van der Waals surface area contributed by atoms with Crippen LogP contribution in [0.3, 0.4) is 0 Å². The first-order valence-electron chi connectivity index (χ1n) is 8.85. The fourth-order valence-electron chi connectivity index (χ4n) is 2.71. The van der Waals surface area contributed by atoms with E-state index in [9.17, 15) is 14.7 Å². The Balaban J connectivity index is 1.65. The van der Waals surface area contributed by atoms with E-state index in [1.165, 1.54) is 0 Å². The van der Waals surface area contributed by atoms with Gasteiger partial charge in [-0.05, 0) is 35.9 Å². The highest BCUT2D eigenvalue weighted by Gasteiger charge is 2.15. The van der Waals surface area contributed by atoms with Gasteiger partial charge in [0.05, 0.1) is 12.6 Å². The summed E-state index contributed by atoms with van der Waals surface area (Å²) in [6.07, 6.45) is 0. The standard InChI is InChI=1S/C22H21N3O3/c26-15-20(16-8-3-1-4-9-16)25-21(27)17-10-7-13-19(14-17)24-22(28)23-18-11-5-2-6-12-18/h1-14,20,26H,15H2,(H,25,27)(H2,23,24,28)/t20-/m0/s1. The van der Waals surface area contributed by atoms with Gasteiger partial charge >= 0.3 is 6.03 Å². The highest BCUT2D eigenvalue weighted by atomic mass is 16.3. The van der Waals surface area contributed by atoms with Gasteiger partial charge in [-0.1, -0.05) is 54.6 Å². The van der Waals surface area contributed by atoms with Crippen LogP contribution in [0.25, 0.3) is 0 Å². The molecule has 6 heteroatoms. The summed E-state index contributed by atoms with van der Waals surface area (Å²) in [7, 11) is 0. The second kappa shape index (κ2) is 9.34. The number of rotatable bonds is 6. The molecule has 3 amide bonds. The van der Waals surface area contributed by atoms with E-state index in [2.05, 4.69) is 16.0 Å². The zero-order valence-electron chi connectivity index (χ0n) is 15.1. The van der Waals surface area contributed by atoms with E-state index in [-0.39, 0.29) is 12.5 Å². The molecule has 0 radical (unpaired) electrons. The lowest BCUT2D eigenvalue weighted by Gasteiger charge is -2.17. The van der Waals surface area contributed by atoms with Crippen molar-refractivity contribution in [2.75, 3.05) is 17.2 Å². The normalized spacial score (nSPS) is 11.3. The first-order valence-corrected chi connectivity index (χ1v) is 8.85. The number of anilines is 2. The molecule has 1 atom stereocenters. The number of aliphatic hydroxyl groups excluding tert-OH is 1. The monoisotopic (exact) mass is 375 g/mol. The molecule has 28 heavy (non-hydrogen) atoms. The van der Waals surface area contributed by atoms with Crippen molar-refractivity contribution in [1.82, 2.24) is 5.32 Å². The van der Waals surface area contributed by atoms with Crippen LogP contribution in [0, 0.1) is 0 Å². The highest BCUT2D eigenvalue weighted by molar-refractivity contribution is 6.01. The van der Waals surface area contributed by atoms with Crippen molar-refractivity contribution in [2.45, 2.75) is 6.04 Å². The minimum atomic E-state index is -0.508. The lowest BCUT2D eigenvalue weighted by Crippen LogP contribution is -2.30. The summed E-state index contributed by atoms with van der Waals surface area (Å²) < 4.78 is 0. The summed E-state index contributed by atoms with van der Waals surface area (Å²) >= 11 is 0. The Morgan fingerprint density at radius 1 is 0.786 bits per heavy atom. The first kappa shape index (κ1) is 19.1. The van der Waals surface area contributed by atoms with Gasteiger partial charge in [-0.15, -0.1) is 0 Å². The average molecular weight is 375 g/mol. The molecule has 0 bridgehead atoms. The number of hydrogen-bond donors (Lipinski definition) is 4. The molecule has 0 heterocycles. The third-order valence-electron chi connectivity index (χ3n) is 4.10. The molecule has 0 aromatic heterocycles. The summed E-state index contributed by atoms with van der Waals surface area (Å²) in [4.78, 5) is 24.7. The van der Waals surface area contributed by atoms with Gasteiger partial charge in [-0.25, -0.2) is 4.79 Å². The number of para-hydroxylation sites is 1. The molecule has 4 N–H and O–H groups in total. The van der Waals surface area contributed by atoms with Crippen molar-refractivity contribution in [2.24, 2.45) is 0 Å². The molecule has 0 unspecified atom stereocenters. The van der Waals surface area contributed by atoms with Crippen LogP contribution in [0.15, 0.2) is 84.9 Å². The minimum absolute atomic E-state index is 0.215. The molecular weight excluding hydrogens is 354 g/mol. The summed E-state index contributed by atoms with van der Waals surface area (Å²) in [5.41, 5.74) is 2.35. The number of carbonyl (C=O) groups excluding carboxylic acids is 2. The molecule has 0 saturated carbocycles. The third kappa shape index (κ3) is 5.18. The van der Waals surface area contributed by atoms with Crippen LogP contribution >= 0.6 is 0 Å². The van der Waals surface area contributed by atoms with Crippen molar-refractivity contribution in [3.05, 3.63) is 96.1 Å². The van der Waals surface area contributed by atoms with Crippen molar-refractivity contribution in [1.29, 1.82) is 0 Å². The molecule has 3 rings (SSSR count). The number of aliphatic hydroxyl groups is 1. The Hall–Kier alpha value is -3.64. The Kier molecular flexibility index (Phi) is 6.38. The van der Waals surface area contributed by atoms with Crippen molar-refractivity contribution in [3.8, 4) is 0 Å². The van der Waals surface area contributed by atoms with Crippen LogP contribution in [0.4, 0.5) is 16.2 Å². The Bertz CT molecular complexity index is 930. The second-order valence-corrected chi connectivity index (χ2v) is 6.15. The molecule has 0 aliphatic carbocycles. The third-order valence-corrected chi connectivity index (χ3v) is 4.10.